The molecule has 0 atom stereocenters. The monoisotopic (exact) mass is 446 g/mol. The smallest absolute Gasteiger partial charge is 0.267 e. The number of nitrogens with zero attached hydrogens (tertiary/aromatic N) is 3. The molecule has 0 spiro atoms. The minimum Gasteiger partial charge on any atom is -0.328 e. The van der Waals surface area contributed by atoms with Crippen molar-refractivity contribution in [1.82, 2.24) is 19.9 Å². The average molecular weight is 447 g/mol. The molecule has 6 nitrogen and oxygen atoms in total. The predicted octanol–water partition coefficient (Wildman–Crippen LogP) is 4.46. The van der Waals surface area contributed by atoms with Crippen LogP contribution in [-0.2, 0) is 24.2 Å². The SMILES string of the molecule is CN1CCC(CCCn2c(CCc3ccccc3)nc3cc(C=CC(=O)NO)ccc32)CC1. The molecule has 4 rings (SSSR count). The van der Waals surface area contributed by atoms with Crippen molar-refractivity contribution in [3.8, 4) is 0 Å². The quantitative estimate of drug-likeness (QED) is 0.289. The van der Waals surface area contributed by atoms with Gasteiger partial charge in [-0.3, -0.25) is 10.0 Å². The van der Waals surface area contributed by atoms with Crippen LogP contribution in [0.15, 0.2) is 54.6 Å². The van der Waals surface area contributed by atoms with Crippen LogP contribution in [0.2, 0.25) is 0 Å². The first-order valence-corrected chi connectivity index (χ1v) is 12.0. The molecule has 1 aliphatic heterocycles. The number of piperidine rings is 1. The molecule has 6 heteroatoms. The van der Waals surface area contributed by atoms with Gasteiger partial charge in [0.1, 0.15) is 5.82 Å². The number of imidazole rings is 1. The lowest BCUT2D eigenvalue weighted by atomic mass is 9.92. The van der Waals surface area contributed by atoms with E-state index in [4.69, 9.17) is 10.2 Å². The number of carbonyl (C=O) groups is 1. The zero-order chi connectivity index (χ0) is 23.0. The number of hydrogen-bond donors (Lipinski definition) is 2. The van der Waals surface area contributed by atoms with Crippen LogP contribution < -0.4 is 5.48 Å². The highest BCUT2D eigenvalue weighted by atomic mass is 16.5. The van der Waals surface area contributed by atoms with Crippen molar-refractivity contribution >= 4 is 23.0 Å². The van der Waals surface area contributed by atoms with Crippen molar-refractivity contribution in [3.63, 3.8) is 0 Å². The van der Waals surface area contributed by atoms with Crippen LogP contribution in [0.25, 0.3) is 17.1 Å². The zero-order valence-corrected chi connectivity index (χ0v) is 19.4. The van der Waals surface area contributed by atoms with E-state index in [1.54, 1.807) is 11.6 Å². The van der Waals surface area contributed by atoms with Gasteiger partial charge in [-0.25, -0.2) is 10.5 Å². The second-order valence-corrected chi connectivity index (χ2v) is 9.11. The Hall–Kier alpha value is -2.96. The summed E-state index contributed by atoms with van der Waals surface area (Å²) in [5.74, 6) is 1.41. The fraction of sp³-hybridized carbons (Fsp3) is 0.407. The number of carbonyl (C=O) groups excluding carboxylic acids is 1. The molecule has 1 aliphatic rings. The van der Waals surface area contributed by atoms with Crippen molar-refractivity contribution in [2.24, 2.45) is 5.92 Å². The van der Waals surface area contributed by atoms with Gasteiger partial charge in [-0.1, -0.05) is 36.4 Å². The summed E-state index contributed by atoms with van der Waals surface area (Å²) in [7, 11) is 2.21. The summed E-state index contributed by atoms with van der Waals surface area (Å²) >= 11 is 0. The van der Waals surface area contributed by atoms with Crippen molar-refractivity contribution in [3.05, 3.63) is 71.6 Å². The topological polar surface area (TPSA) is 70.4 Å². The molecule has 1 amide bonds. The van der Waals surface area contributed by atoms with Crippen LogP contribution in [0.5, 0.6) is 0 Å². The van der Waals surface area contributed by atoms with Crippen LogP contribution in [0.3, 0.4) is 0 Å². The molecule has 174 valence electrons. The Morgan fingerprint density at radius 3 is 2.70 bits per heavy atom. The Balaban J connectivity index is 1.51. The van der Waals surface area contributed by atoms with Gasteiger partial charge in [-0.2, -0.15) is 0 Å². The molecule has 0 radical (unpaired) electrons. The summed E-state index contributed by atoms with van der Waals surface area (Å²) in [6.07, 6.45) is 9.90. The molecule has 0 bridgehead atoms. The second-order valence-electron chi connectivity index (χ2n) is 9.11. The molecule has 2 N–H and O–H groups in total. The lowest BCUT2D eigenvalue weighted by Crippen LogP contribution is -2.30. The van der Waals surface area contributed by atoms with Gasteiger partial charge >= 0.3 is 0 Å². The third kappa shape index (κ3) is 6.30. The fourth-order valence-electron chi connectivity index (χ4n) is 4.74. The second kappa shape index (κ2) is 11.3. The van der Waals surface area contributed by atoms with Gasteiger partial charge in [0.25, 0.3) is 5.91 Å². The van der Waals surface area contributed by atoms with Crippen LogP contribution in [0.1, 0.15) is 42.6 Å². The largest absolute Gasteiger partial charge is 0.328 e. The first-order valence-electron chi connectivity index (χ1n) is 12.0. The molecular formula is C27H34N4O2. The van der Waals surface area contributed by atoms with Crippen LogP contribution in [-0.4, -0.2) is 45.7 Å². The number of aromatic nitrogens is 2. The standard InChI is InChI=1S/C27H34N4O2/c1-30-18-15-22(16-19-30)8-5-17-31-25-12-9-23(11-14-27(32)29-33)20-24(25)28-26(31)13-10-21-6-3-2-4-7-21/h2-4,6-7,9,11-12,14,20,22,33H,5,8,10,13,15-19H2,1H3,(H,29,32). The highest BCUT2D eigenvalue weighted by Gasteiger charge is 2.17. The van der Waals surface area contributed by atoms with E-state index in [0.717, 1.165) is 54.1 Å². The van der Waals surface area contributed by atoms with Crippen molar-refractivity contribution in [1.29, 1.82) is 0 Å². The highest BCUT2D eigenvalue weighted by molar-refractivity contribution is 5.91. The van der Waals surface area contributed by atoms with E-state index in [1.807, 2.05) is 18.2 Å². The Morgan fingerprint density at radius 1 is 1.15 bits per heavy atom. The Morgan fingerprint density at radius 2 is 1.94 bits per heavy atom. The summed E-state index contributed by atoms with van der Waals surface area (Å²) in [5, 5.41) is 8.70. The van der Waals surface area contributed by atoms with Gasteiger partial charge in [0.05, 0.1) is 11.0 Å². The first kappa shape index (κ1) is 23.2. The normalized spacial score (nSPS) is 15.5. The third-order valence-corrected chi connectivity index (χ3v) is 6.70. The van der Waals surface area contributed by atoms with E-state index in [9.17, 15) is 4.79 Å². The maximum Gasteiger partial charge on any atom is 0.267 e. The summed E-state index contributed by atoms with van der Waals surface area (Å²) < 4.78 is 2.39. The maximum absolute atomic E-state index is 11.3. The summed E-state index contributed by atoms with van der Waals surface area (Å²) in [4.78, 5) is 18.7. The zero-order valence-electron chi connectivity index (χ0n) is 19.4. The lowest BCUT2D eigenvalue weighted by Gasteiger charge is -2.29. The van der Waals surface area contributed by atoms with E-state index in [1.165, 1.54) is 44.0 Å². The molecule has 2 heterocycles. The molecule has 0 aliphatic carbocycles. The van der Waals surface area contributed by atoms with Crippen molar-refractivity contribution in [2.75, 3.05) is 20.1 Å². The van der Waals surface area contributed by atoms with E-state index in [-0.39, 0.29) is 0 Å². The summed E-state index contributed by atoms with van der Waals surface area (Å²) in [6, 6.07) is 16.7. The minimum absolute atomic E-state index is 0.543. The van der Waals surface area contributed by atoms with Crippen LogP contribution in [0.4, 0.5) is 0 Å². The van der Waals surface area contributed by atoms with E-state index >= 15 is 0 Å². The number of fused-ring (bicyclic) bond motifs is 1. The molecular weight excluding hydrogens is 412 g/mol. The molecule has 1 aromatic heterocycles. The Bertz CT molecular complexity index is 1080. The van der Waals surface area contributed by atoms with Gasteiger partial charge in [0, 0.05) is 19.0 Å². The highest BCUT2D eigenvalue weighted by Crippen LogP contribution is 2.24. The average Bonchev–Trinajstić information content (AvgIpc) is 3.19. The summed E-state index contributed by atoms with van der Waals surface area (Å²) in [6.45, 7) is 3.41. The van der Waals surface area contributed by atoms with Crippen LogP contribution >= 0.6 is 0 Å². The number of likely N-dealkylation sites (tertiary alicyclic amines) is 1. The molecule has 1 fully saturated rings. The molecule has 2 aromatic carbocycles. The number of aryl methyl sites for hydroxylation is 3. The van der Waals surface area contributed by atoms with Crippen molar-refractivity contribution in [2.45, 2.75) is 45.1 Å². The third-order valence-electron chi connectivity index (χ3n) is 6.70. The van der Waals surface area contributed by atoms with E-state index < -0.39 is 5.91 Å². The predicted molar refractivity (Wildman–Crippen MR) is 132 cm³/mol. The van der Waals surface area contributed by atoms with Crippen molar-refractivity contribution < 1.29 is 10.0 Å². The number of amides is 1. The number of benzene rings is 2. The summed E-state index contributed by atoms with van der Waals surface area (Å²) in [5.41, 5.74) is 5.92. The molecule has 1 saturated heterocycles. The fourth-order valence-corrected chi connectivity index (χ4v) is 4.74. The van der Waals surface area contributed by atoms with Gasteiger partial charge in [-0.05, 0) is 87.5 Å². The van der Waals surface area contributed by atoms with E-state index in [0.29, 0.717) is 0 Å². The van der Waals surface area contributed by atoms with Gasteiger partial charge < -0.3 is 9.47 Å². The Kier molecular flexibility index (Phi) is 7.92. The molecule has 0 saturated carbocycles. The molecule has 3 aromatic rings. The van der Waals surface area contributed by atoms with Gasteiger partial charge in [0.15, 0.2) is 0 Å². The number of rotatable bonds is 9. The lowest BCUT2D eigenvalue weighted by molar-refractivity contribution is -0.124. The van der Waals surface area contributed by atoms with Gasteiger partial charge in [-0.15, -0.1) is 0 Å². The number of hydroxylamine groups is 1. The maximum atomic E-state index is 11.3. The minimum atomic E-state index is -0.543. The number of nitrogens with one attached hydrogen (secondary N) is 1. The number of hydrogen-bond acceptors (Lipinski definition) is 4. The molecule has 0 unspecified atom stereocenters. The Labute approximate surface area is 195 Å². The van der Waals surface area contributed by atoms with E-state index in [2.05, 4.69) is 46.8 Å². The molecule has 33 heavy (non-hydrogen) atoms. The van der Waals surface area contributed by atoms with Gasteiger partial charge in [0.2, 0.25) is 0 Å². The first-order chi connectivity index (χ1) is 16.1. The van der Waals surface area contributed by atoms with Crippen LogP contribution in [0, 0.1) is 5.92 Å².